The summed E-state index contributed by atoms with van der Waals surface area (Å²) in [6, 6.07) is 30.4. The van der Waals surface area contributed by atoms with Crippen molar-refractivity contribution in [2.45, 2.75) is 24.9 Å². The lowest BCUT2D eigenvalue weighted by atomic mass is 10.0. The quantitative estimate of drug-likeness (QED) is 0.213. The monoisotopic (exact) mass is 530 g/mol. The number of hydrogen-bond donors (Lipinski definition) is 2. The molecule has 0 aliphatic carbocycles. The largest absolute Gasteiger partial charge is 0.339 e. The van der Waals surface area contributed by atoms with Crippen LogP contribution in [0.3, 0.4) is 0 Å². The molecular formula is C34H38N6. The molecule has 0 bridgehead atoms. The Morgan fingerprint density at radius 1 is 0.575 bits per heavy atom. The normalized spacial score (nSPS) is 12.7. The average Bonchev–Trinajstić information content (AvgIpc) is 3.64. The highest BCUT2D eigenvalue weighted by atomic mass is 15.0. The number of pyridine rings is 2. The lowest BCUT2D eigenvalue weighted by molar-refractivity contribution is 0.539. The first-order chi connectivity index (χ1) is 19.8. The molecule has 2 atom stereocenters. The molecule has 0 radical (unpaired) electrons. The molecule has 4 heterocycles. The molecule has 0 aliphatic rings. The highest BCUT2D eigenvalue weighted by molar-refractivity contribution is 5.80. The molecule has 0 saturated carbocycles. The van der Waals surface area contributed by atoms with E-state index in [2.05, 4.69) is 127 Å². The summed E-state index contributed by atoms with van der Waals surface area (Å²) in [5.41, 5.74) is 5.06. The minimum atomic E-state index is 0.338. The van der Waals surface area contributed by atoms with Gasteiger partial charge in [-0.2, -0.15) is 0 Å². The molecule has 6 aromatic rings. The molecule has 0 aliphatic heterocycles. The van der Waals surface area contributed by atoms with Crippen LogP contribution in [0.25, 0.3) is 21.8 Å². The summed E-state index contributed by atoms with van der Waals surface area (Å²) < 4.78 is 4.66. The fourth-order valence-electron chi connectivity index (χ4n) is 5.38. The van der Waals surface area contributed by atoms with Crippen LogP contribution in [0.1, 0.15) is 36.1 Å². The molecule has 0 amide bonds. The van der Waals surface area contributed by atoms with Crippen LogP contribution in [0, 0.1) is 0 Å². The van der Waals surface area contributed by atoms with E-state index in [4.69, 9.17) is 0 Å². The predicted octanol–water partition coefficient (Wildman–Crippen LogP) is 6.47. The standard InChI is InChI=1S/2C17H19N3/c2*1-18-10-8-16(14-5-3-2-4-6-14)20-12-9-15-7-11-19-13-17(15)20/h2*2-7,9,11-13,16,18H,8,10H2,1H3. The van der Waals surface area contributed by atoms with E-state index in [9.17, 15) is 0 Å². The number of rotatable bonds is 10. The first-order valence-electron chi connectivity index (χ1n) is 14.0. The van der Waals surface area contributed by atoms with E-state index in [1.54, 1.807) is 0 Å². The van der Waals surface area contributed by atoms with Gasteiger partial charge in [0.05, 0.1) is 35.5 Å². The van der Waals surface area contributed by atoms with Gasteiger partial charge in [0.1, 0.15) is 0 Å². The second-order valence-electron chi connectivity index (χ2n) is 9.95. The van der Waals surface area contributed by atoms with Crippen molar-refractivity contribution in [2.24, 2.45) is 0 Å². The zero-order valence-electron chi connectivity index (χ0n) is 23.3. The maximum atomic E-state index is 4.27. The van der Waals surface area contributed by atoms with Crippen molar-refractivity contribution >= 4 is 21.8 Å². The third-order valence-corrected chi connectivity index (χ3v) is 7.43. The number of benzene rings is 2. The van der Waals surface area contributed by atoms with Crippen molar-refractivity contribution in [3.05, 3.63) is 133 Å². The van der Waals surface area contributed by atoms with Crippen molar-refractivity contribution in [3.8, 4) is 0 Å². The van der Waals surface area contributed by atoms with Crippen LogP contribution in [0.2, 0.25) is 0 Å². The van der Waals surface area contributed by atoms with Crippen molar-refractivity contribution in [2.75, 3.05) is 27.2 Å². The van der Waals surface area contributed by atoms with Crippen molar-refractivity contribution in [1.29, 1.82) is 0 Å². The number of fused-ring (bicyclic) bond motifs is 2. The number of hydrogen-bond acceptors (Lipinski definition) is 4. The SMILES string of the molecule is CNCCC(c1ccccc1)n1ccc2ccncc21.CNCCC(c1ccccc1)n1ccc2ccncc21. The molecular weight excluding hydrogens is 492 g/mol. The van der Waals surface area contributed by atoms with E-state index in [1.807, 2.05) is 38.9 Å². The first kappa shape index (κ1) is 27.3. The Labute approximate surface area is 236 Å². The highest BCUT2D eigenvalue weighted by Crippen LogP contribution is 2.28. The molecule has 6 rings (SSSR count). The Balaban J connectivity index is 0.000000161. The summed E-state index contributed by atoms with van der Waals surface area (Å²) in [4.78, 5) is 8.53. The Hall–Kier alpha value is -4.26. The van der Waals surface area contributed by atoms with Crippen LogP contribution in [-0.4, -0.2) is 46.3 Å². The Morgan fingerprint density at radius 2 is 1.00 bits per heavy atom. The maximum absolute atomic E-state index is 4.27. The van der Waals surface area contributed by atoms with Crippen LogP contribution in [-0.2, 0) is 0 Å². The Kier molecular flexibility index (Phi) is 9.35. The van der Waals surface area contributed by atoms with Gasteiger partial charge in [0.15, 0.2) is 0 Å². The summed E-state index contributed by atoms with van der Waals surface area (Å²) in [5, 5.41) is 8.98. The number of nitrogens with one attached hydrogen (secondary N) is 2. The van der Waals surface area contributed by atoms with Gasteiger partial charge in [0, 0.05) is 35.6 Å². The van der Waals surface area contributed by atoms with Gasteiger partial charge in [0.2, 0.25) is 0 Å². The van der Waals surface area contributed by atoms with E-state index in [1.165, 1.54) is 32.9 Å². The van der Waals surface area contributed by atoms with Gasteiger partial charge in [-0.3, -0.25) is 9.97 Å². The molecule has 4 aromatic heterocycles. The molecule has 0 saturated heterocycles. The number of aromatic nitrogens is 4. The van der Waals surface area contributed by atoms with Crippen LogP contribution >= 0.6 is 0 Å². The van der Waals surface area contributed by atoms with Crippen LogP contribution in [0.15, 0.2) is 122 Å². The summed E-state index contributed by atoms with van der Waals surface area (Å²) in [6.45, 7) is 1.97. The third kappa shape index (κ3) is 6.30. The minimum Gasteiger partial charge on any atom is -0.339 e. The Bertz CT molecular complexity index is 1470. The van der Waals surface area contributed by atoms with Gasteiger partial charge >= 0.3 is 0 Å². The first-order valence-corrected chi connectivity index (χ1v) is 14.0. The lowest BCUT2D eigenvalue weighted by Crippen LogP contribution is -2.17. The number of nitrogens with zero attached hydrogens (tertiary/aromatic N) is 4. The summed E-state index contributed by atoms with van der Waals surface area (Å²) >= 11 is 0. The second-order valence-corrected chi connectivity index (χ2v) is 9.95. The van der Waals surface area contributed by atoms with E-state index in [0.717, 1.165) is 25.9 Å². The second kappa shape index (κ2) is 13.7. The topological polar surface area (TPSA) is 59.7 Å². The smallest absolute Gasteiger partial charge is 0.0672 e. The van der Waals surface area contributed by atoms with E-state index in [-0.39, 0.29) is 0 Å². The van der Waals surface area contributed by atoms with Crippen LogP contribution in [0.4, 0.5) is 0 Å². The van der Waals surface area contributed by atoms with E-state index >= 15 is 0 Å². The fourth-order valence-corrected chi connectivity index (χ4v) is 5.38. The molecule has 2 unspecified atom stereocenters. The summed E-state index contributed by atoms with van der Waals surface area (Å²) in [7, 11) is 3.99. The van der Waals surface area contributed by atoms with E-state index in [0.29, 0.717) is 12.1 Å². The molecule has 2 aromatic carbocycles. The van der Waals surface area contributed by atoms with Crippen molar-refractivity contribution < 1.29 is 0 Å². The Morgan fingerprint density at radius 3 is 1.40 bits per heavy atom. The molecule has 2 N–H and O–H groups in total. The predicted molar refractivity (Wildman–Crippen MR) is 166 cm³/mol. The highest BCUT2D eigenvalue weighted by Gasteiger charge is 2.16. The maximum Gasteiger partial charge on any atom is 0.0672 e. The van der Waals surface area contributed by atoms with Gasteiger partial charge < -0.3 is 19.8 Å². The lowest BCUT2D eigenvalue weighted by Gasteiger charge is -2.20. The van der Waals surface area contributed by atoms with Crippen LogP contribution in [0.5, 0.6) is 0 Å². The van der Waals surface area contributed by atoms with Gasteiger partial charge in [-0.25, -0.2) is 0 Å². The van der Waals surface area contributed by atoms with Crippen molar-refractivity contribution in [3.63, 3.8) is 0 Å². The molecule has 0 fully saturated rings. The van der Waals surface area contributed by atoms with Gasteiger partial charge in [-0.05, 0) is 75.4 Å². The minimum absolute atomic E-state index is 0.338. The van der Waals surface area contributed by atoms with Gasteiger partial charge in [-0.15, -0.1) is 0 Å². The van der Waals surface area contributed by atoms with Gasteiger partial charge in [0.25, 0.3) is 0 Å². The third-order valence-electron chi connectivity index (χ3n) is 7.43. The summed E-state index contributed by atoms with van der Waals surface area (Å²) in [5.74, 6) is 0. The molecule has 0 spiro atoms. The average molecular weight is 531 g/mol. The zero-order valence-corrected chi connectivity index (χ0v) is 23.3. The van der Waals surface area contributed by atoms with Crippen LogP contribution < -0.4 is 10.6 Å². The van der Waals surface area contributed by atoms with Gasteiger partial charge in [-0.1, -0.05) is 60.7 Å². The molecule has 40 heavy (non-hydrogen) atoms. The fraction of sp³-hybridized carbons (Fsp3) is 0.235. The van der Waals surface area contributed by atoms with E-state index < -0.39 is 0 Å². The zero-order chi connectivity index (χ0) is 27.6. The summed E-state index contributed by atoms with van der Waals surface area (Å²) in [6.07, 6.45) is 14.0. The molecule has 6 nitrogen and oxygen atoms in total. The molecule has 6 heteroatoms. The van der Waals surface area contributed by atoms with Crippen molar-refractivity contribution in [1.82, 2.24) is 29.7 Å². The molecule has 204 valence electrons.